The van der Waals surface area contributed by atoms with Gasteiger partial charge in [-0.25, -0.2) is 9.78 Å². The van der Waals surface area contributed by atoms with E-state index in [2.05, 4.69) is 46.7 Å². The fraction of sp³-hybridized carbons (Fsp3) is 0.500. The third-order valence-corrected chi connectivity index (χ3v) is 8.24. The predicted octanol–water partition coefficient (Wildman–Crippen LogP) is 4.33. The number of anilines is 1. The summed E-state index contributed by atoms with van der Waals surface area (Å²) >= 11 is 6.33. The molecule has 0 bridgehead atoms. The Bertz CT molecular complexity index is 1530. The van der Waals surface area contributed by atoms with E-state index in [0.29, 0.717) is 42.6 Å². The number of unbranched alkanes of at least 4 members (excludes halogenated alkanes) is 3. The second-order valence-corrected chi connectivity index (χ2v) is 12.1. The zero-order valence-corrected chi connectivity index (χ0v) is 25.8. The molecule has 2 aromatic heterocycles. The SMILES string of the molecule is O=C(NCCCCCCNC(=O)c1ccc(NC(=O)c2ncc(Cc3c(C(F)(F)F)n[nH]c3C3CC3)[nH]2)cc1Cl)NCC1CNC1. The Hall–Kier alpha value is -4.11. The molecule has 7 N–H and O–H groups in total. The lowest BCUT2D eigenvalue weighted by molar-refractivity contribution is -0.141. The summed E-state index contributed by atoms with van der Waals surface area (Å²) in [4.78, 5) is 44.0. The van der Waals surface area contributed by atoms with Crippen LogP contribution in [-0.4, -0.2) is 70.7 Å². The highest BCUT2D eigenvalue weighted by Gasteiger charge is 2.40. The van der Waals surface area contributed by atoms with E-state index >= 15 is 0 Å². The van der Waals surface area contributed by atoms with Gasteiger partial charge in [-0.3, -0.25) is 14.7 Å². The first-order valence-corrected chi connectivity index (χ1v) is 15.8. The molecule has 1 aromatic carbocycles. The zero-order valence-electron chi connectivity index (χ0n) is 25.1. The van der Waals surface area contributed by atoms with Gasteiger partial charge in [-0.15, -0.1) is 0 Å². The first-order valence-electron chi connectivity index (χ1n) is 15.4. The van der Waals surface area contributed by atoms with E-state index in [9.17, 15) is 27.6 Å². The summed E-state index contributed by atoms with van der Waals surface area (Å²) in [5.74, 6) is -0.508. The quantitative estimate of drug-likeness (QED) is 0.119. The summed E-state index contributed by atoms with van der Waals surface area (Å²) < 4.78 is 40.5. The molecule has 0 unspecified atom stereocenters. The number of nitrogens with one attached hydrogen (secondary N) is 7. The minimum atomic E-state index is -4.60. The van der Waals surface area contributed by atoms with Gasteiger partial charge in [0.2, 0.25) is 0 Å². The van der Waals surface area contributed by atoms with Crippen LogP contribution in [0.2, 0.25) is 5.02 Å². The first kappa shape index (κ1) is 33.3. The van der Waals surface area contributed by atoms with Crippen LogP contribution in [-0.2, 0) is 12.6 Å². The number of carbonyl (C=O) groups is 3. The standard InChI is InChI=1S/C30H37ClF3N9O3/c31-23-12-19(7-8-21(23)27(44)36-9-3-1-2-4-10-37-29(46)39-15-17-13-35-14-17)41-28(45)26-38-16-20(40-26)11-22-24(18-5-6-18)42-43-25(22)30(32,33)34/h7-8,12,16-18,35H,1-6,9-11,13-15H2,(H,36,44)(H,38,40)(H,41,45)(H,42,43)(H2,37,39,46). The molecule has 3 heterocycles. The summed E-state index contributed by atoms with van der Waals surface area (Å²) in [6, 6.07) is 4.31. The van der Waals surface area contributed by atoms with Gasteiger partial charge in [-0.1, -0.05) is 24.4 Å². The van der Waals surface area contributed by atoms with Crippen molar-refractivity contribution in [3.63, 3.8) is 0 Å². The van der Waals surface area contributed by atoms with Crippen molar-refractivity contribution in [2.24, 2.45) is 5.92 Å². The van der Waals surface area contributed by atoms with E-state index in [0.717, 1.165) is 51.6 Å². The molecule has 2 fully saturated rings. The lowest BCUT2D eigenvalue weighted by Crippen LogP contribution is -2.49. The van der Waals surface area contributed by atoms with Crippen molar-refractivity contribution in [1.82, 2.24) is 41.4 Å². The monoisotopic (exact) mass is 663 g/mol. The fourth-order valence-electron chi connectivity index (χ4n) is 5.12. The summed E-state index contributed by atoms with van der Waals surface area (Å²) in [7, 11) is 0. The molecule has 0 atom stereocenters. The Labute approximate surface area is 268 Å². The lowest BCUT2D eigenvalue weighted by atomic mass is 10.0. The van der Waals surface area contributed by atoms with Gasteiger partial charge in [0.1, 0.15) is 0 Å². The molecule has 5 rings (SSSR count). The van der Waals surface area contributed by atoms with Crippen LogP contribution in [0.4, 0.5) is 23.7 Å². The van der Waals surface area contributed by atoms with Crippen molar-refractivity contribution in [3.05, 3.63) is 63.5 Å². The predicted molar refractivity (Wildman–Crippen MR) is 165 cm³/mol. The normalized spacial score (nSPS) is 14.9. The Kier molecular flexibility index (Phi) is 10.8. The Morgan fingerprint density at radius 3 is 2.37 bits per heavy atom. The Balaban J connectivity index is 1.02. The number of hydrogen-bond acceptors (Lipinski definition) is 6. The number of nitrogens with zero attached hydrogens (tertiary/aromatic N) is 2. The molecule has 1 aliphatic heterocycles. The van der Waals surface area contributed by atoms with Gasteiger partial charge in [-0.05, 0) is 43.9 Å². The Morgan fingerprint density at radius 1 is 0.978 bits per heavy atom. The van der Waals surface area contributed by atoms with Crippen LogP contribution in [0.15, 0.2) is 24.4 Å². The van der Waals surface area contributed by atoms with Crippen molar-refractivity contribution in [2.45, 2.75) is 57.0 Å². The maximum absolute atomic E-state index is 13.5. The maximum Gasteiger partial charge on any atom is 0.435 e. The summed E-state index contributed by atoms with van der Waals surface area (Å²) in [6.07, 6.45) is 1.61. The van der Waals surface area contributed by atoms with Gasteiger partial charge in [0, 0.05) is 79.8 Å². The molecule has 46 heavy (non-hydrogen) atoms. The van der Waals surface area contributed by atoms with E-state index in [4.69, 9.17) is 11.6 Å². The second-order valence-electron chi connectivity index (χ2n) is 11.7. The van der Waals surface area contributed by atoms with Crippen LogP contribution >= 0.6 is 11.6 Å². The van der Waals surface area contributed by atoms with Crippen LogP contribution in [0.3, 0.4) is 0 Å². The van der Waals surface area contributed by atoms with E-state index in [1.165, 1.54) is 24.4 Å². The van der Waals surface area contributed by atoms with Gasteiger partial charge >= 0.3 is 12.2 Å². The number of urea groups is 1. The Morgan fingerprint density at radius 2 is 1.72 bits per heavy atom. The highest BCUT2D eigenvalue weighted by Crippen LogP contribution is 2.44. The summed E-state index contributed by atoms with van der Waals surface area (Å²) in [6.45, 7) is 3.62. The molecule has 12 nitrogen and oxygen atoms in total. The number of rotatable bonds is 15. The number of alkyl halides is 3. The molecule has 2 aliphatic rings. The van der Waals surface area contributed by atoms with Gasteiger partial charge < -0.3 is 31.6 Å². The highest BCUT2D eigenvalue weighted by molar-refractivity contribution is 6.34. The lowest BCUT2D eigenvalue weighted by Gasteiger charge is -2.27. The van der Waals surface area contributed by atoms with Crippen molar-refractivity contribution < 1.29 is 27.6 Å². The number of H-pyrrole nitrogens is 2. The van der Waals surface area contributed by atoms with Crippen LogP contribution in [0, 0.1) is 5.92 Å². The van der Waals surface area contributed by atoms with Crippen LogP contribution < -0.4 is 26.6 Å². The molecule has 1 aliphatic carbocycles. The largest absolute Gasteiger partial charge is 0.435 e. The van der Waals surface area contributed by atoms with Crippen molar-refractivity contribution >= 4 is 35.1 Å². The molecular formula is C30H37ClF3N9O3. The molecule has 1 saturated carbocycles. The number of benzene rings is 1. The average molecular weight is 664 g/mol. The summed E-state index contributed by atoms with van der Waals surface area (Å²) in [5.41, 5.74) is 0.459. The molecule has 0 spiro atoms. The number of halogens is 4. The first-order chi connectivity index (χ1) is 22.1. The van der Waals surface area contributed by atoms with E-state index in [-0.39, 0.29) is 46.3 Å². The van der Waals surface area contributed by atoms with Crippen molar-refractivity contribution in [2.75, 3.05) is 38.0 Å². The van der Waals surface area contributed by atoms with Crippen LogP contribution in [0.1, 0.15) is 88.1 Å². The third kappa shape index (κ3) is 9.00. The van der Waals surface area contributed by atoms with Gasteiger partial charge in [-0.2, -0.15) is 18.3 Å². The van der Waals surface area contributed by atoms with E-state index in [1.54, 1.807) is 0 Å². The molecule has 1 saturated heterocycles. The molecular weight excluding hydrogens is 627 g/mol. The van der Waals surface area contributed by atoms with Gasteiger partial charge in [0.15, 0.2) is 11.5 Å². The molecule has 3 aromatic rings. The molecule has 16 heteroatoms. The number of hydrogen-bond donors (Lipinski definition) is 7. The topological polar surface area (TPSA) is 169 Å². The van der Waals surface area contributed by atoms with E-state index in [1.807, 2.05) is 0 Å². The minimum absolute atomic E-state index is 0.0258. The maximum atomic E-state index is 13.5. The van der Waals surface area contributed by atoms with Gasteiger partial charge in [0.25, 0.3) is 11.8 Å². The fourth-order valence-corrected chi connectivity index (χ4v) is 5.39. The average Bonchev–Trinajstić information content (AvgIpc) is 3.55. The number of aromatic amines is 2. The third-order valence-electron chi connectivity index (χ3n) is 7.93. The van der Waals surface area contributed by atoms with Gasteiger partial charge in [0.05, 0.1) is 10.6 Å². The van der Waals surface area contributed by atoms with Crippen LogP contribution in [0.25, 0.3) is 0 Å². The zero-order chi connectivity index (χ0) is 32.7. The molecule has 248 valence electrons. The highest BCUT2D eigenvalue weighted by atomic mass is 35.5. The molecule has 4 amide bonds. The van der Waals surface area contributed by atoms with E-state index < -0.39 is 17.8 Å². The number of aromatic nitrogens is 4. The molecule has 0 radical (unpaired) electrons. The summed E-state index contributed by atoms with van der Waals surface area (Å²) in [5, 5.41) is 20.5. The van der Waals surface area contributed by atoms with Crippen LogP contribution in [0.5, 0.6) is 0 Å². The second kappa shape index (κ2) is 15.0. The minimum Gasteiger partial charge on any atom is -0.352 e. The number of imidazole rings is 1. The number of carbonyl (C=O) groups excluding carboxylic acids is 3. The van der Waals surface area contributed by atoms with Crippen molar-refractivity contribution in [3.8, 4) is 0 Å². The number of amides is 4. The smallest absolute Gasteiger partial charge is 0.352 e. The van der Waals surface area contributed by atoms with Crippen molar-refractivity contribution in [1.29, 1.82) is 0 Å².